The number of phenolic OH excluding ortho intramolecular Hbond substituents is 1. The summed E-state index contributed by atoms with van der Waals surface area (Å²) in [6.07, 6.45) is 2.14. The average Bonchev–Trinajstić information content (AvgIpc) is 2.97. The Morgan fingerprint density at radius 3 is 2.37 bits per heavy atom. The zero-order chi connectivity index (χ0) is 30.8. The fraction of sp³-hybridized carbons (Fsp3) is 0.161. The highest BCUT2D eigenvalue weighted by atomic mass is 35.5. The second-order valence-electron chi connectivity index (χ2n) is 9.79. The van der Waals surface area contributed by atoms with Crippen molar-refractivity contribution < 1.29 is 14.7 Å². The van der Waals surface area contributed by atoms with Gasteiger partial charge in [0.25, 0.3) is 0 Å². The summed E-state index contributed by atoms with van der Waals surface area (Å²) in [6.45, 7) is 4.63. The molecule has 4 aromatic rings. The lowest BCUT2D eigenvalue weighted by molar-refractivity contribution is 0.0977. The summed E-state index contributed by atoms with van der Waals surface area (Å²) in [7, 11) is 0. The van der Waals surface area contributed by atoms with Gasteiger partial charge in [-0.2, -0.15) is 5.26 Å². The van der Waals surface area contributed by atoms with Crippen molar-refractivity contribution in [2.45, 2.75) is 26.7 Å². The number of ketones is 2. The number of aromatic hydroxyl groups is 1. The van der Waals surface area contributed by atoms with Crippen LogP contribution in [-0.4, -0.2) is 28.2 Å². The van der Waals surface area contributed by atoms with Crippen molar-refractivity contribution in [1.82, 2.24) is 4.98 Å². The van der Waals surface area contributed by atoms with Crippen LogP contribution >= 0.6 is 23.2 Å². The van der Waals surface area contributed by atoms with E-state index in [-0.39, 0.29) is 66.6 Å². The van der Waals surface area contributed by atoms with Crippen LogP contribution in [-0.2, 0) is 0 Å². The van der Waals surface area contributed by atoms with Gasteiger partial charge in [-0.3, -0.25) is 9.59 Å². The number of aromatic nitrogens is 1. The molecular formula is C31H25Cl2N7O3. The second-order valence-corrected chi connectivity index (χ2v) is 10.6. The fourth-order valence-corrected chi connectivity index (χ4v) is 5.35. The number of carbonyl (C=O) groups excluding carboxylic acids is 2. The minimum Gasteiger partial charge on any atom is -0.507 e. The van der Waals surface area contributed by atoms with Gasteiger partial charge in [-0.05, 0) is 49.7 Å². The lowest BCUT2D eigenvalue weighted by Gasteiger charge is -2.21. The number of nitrogen functional groups attached to an aromatic ring is 1. The van der Waals surface area contributed by atoms with Gasteiger partial charge in [0.15, 0.2) is 17.4 Å². The van der Waals surface area contributed by atoms with Crippen LogP contribution in [0.25, 0.3) is 0 Å². The summed E-state index contributed by atoms with van der Waals surface area (Å²) in [5.74, 6) is -1.38. The van der Waals surface area contributed by atoms with E-state index in [4.69, 9.17) is 28.9 Å². The first kappa shape index (κ1) is 29.5. The molecule has 10 nitrogen and oxygen atoms in total. The van der Waals surface area contributed by atoms with Crippen LogP contribution in [0.15, 0.2) is 58.8 Å². The van der Waals surface area contributed by atoms with Gasteiger partial charge < -0.3 is 21.5 Å². The third-order valence-electron chi connectivity index (χ3n) is 6.99. The number of carbonyl (C=O) groups is 2. The molecule has 3 aromatic carbocycles. The number of nitrogens with two attached hydrogens (primary N) is 1. The normalized spacial score (nSPS) is 12.2. The molecule has 0 radical (unpaired) electrons. The molecule has 0 aliphatic heterocycles. The SMILES string of the molecule is CCCCNc1ccc(Nc2nc(N)c(C#N)c(C)c2/N=N/c2c(Cl)cc(Cl)c3c2C(=O)c2cccc(O)c2C3=O)cc1. The predicted molar refractivity (Wildman–Crippen MR) is 167 cm³/mol. The van der Waals surface area contributed by atoms with Gasteiger partial charge in [0.1, 0.15) is 29.0 Å². The Kier molecular flexibility index (Phi) is 8.30. The van der Waals surface area contributed by atoms with Gasteiger partial charge in [-0.1, -0.05) is 48.7 Å². The number of nitrogens with one attached hydrogen (secondary N) is 2. The quantitative estimate of drug-likeness (QED) is 0.101. The van der Waals surface area contributed by atoms with Gasteiger partial charge in [0.2, 0.25) is 0 Å². The Labute approximate surface area is 257 Å². The van der Waals surface area contributed by atoms with Gasteiger partial charge in [-0.25, -0.2) is 4.98 Å². The number of benzene rings is 3. The summed E-state index contributed by atoms with van der Waals surface area (Å²) in [6, 6.07) is 15.0. The first-order chi connectivity index (χ1) is 20.7. The lowest BCUT2D eigenvalue weighted by Crippen LogP contribution is -2.21. The third-order valence-corrected chi connectivity index (χ3v) is 7.57. The molecule has 0 amide bonds. The summed E-state index contributed by atoms with van der Waals surface area (Å²) >= 11 is 12.9. The number of fused-ring (bicyclic) bond motifs is 2. The van der Waals surface area contributed by atoms with Crippen molar-refractivity contribution in [2.75, 3.05) is 22.9 Å². The van der Waals surface area contributed by atoms with E-state index in [1.807, 2.05) is 30.3 Å². The van der Waals surface area contributed by atoms with Crippen molar-refractivity contribution in [3.8, 4) is 11.8 Å². The molecule has 1 heterocycles. The van der Waals surface area contributed by atoms with Crippen molar-refractivity contribution in [3.05, 3.63) is 92.0 Å². The molecule has 12 heteroatoms. The molecule has 0 bridgehead atoms. The number of rotatable bonds is 8. The van der Waals surface area contributed by atoms with Crippen molar-refractivity contribution in [3.63, 3.8) is 0 Å². The predicted octanol–water partition coefficient (Wildman–Crippen LogP) is 8.00. The molecule has 0 fully saturated rings. The smallest absolute Gasteiger partial charge is 0.199 e. The summed E-state index contributed by atoms with van der Waals surface area (Å²) < 4.78 is 0. The molecule has 0 saturated carbocycles. The highest BCUT2D eigenvalue weighted by Gasteiger charge is 2.37. The van der Waals surface area contributed by atoms with Crippen LogP contribution in [0.2, 0.25) is 10.0 Å². The maximum atomic E-state index is 13.6. The Morgan fingerprint density at radius 2 is 1.67 bits per heavy atom. The molecular weight excluding hydrogens is 589 g/mol. The maximum Gasteiger partial charge on any atom is 0.199 e. The molecule has 43 heavy (non-hydrogen) atoms. The van der Waals surface area contributed by atoms with Crippen LogP contribution in [0.1, 0.15) is 62.7 Å². The van der Waals surface area contributed by atoms with Gasteiger partial charge in [0, 0.05) is 29.0 Å². The van der Waals surface area contributed by atoms with Gasteiger partial charge in [0.05, 0.1) is 32.3 Å². The Hall–Kier alpha value is -4.98. The summed E-state index contributed by atoms with van der Waals surface area (Å²) in [5, 5.41) is 35.1. The molecule has 1 aliphatic carbocycles. The molecule has 0 atom stereocenters. The van der Waals surface area contributed by atoms with Crippen LogP contribution < -0.4 is 16.4 Å². The van der Waals surface area contributed by atoms with Crippen molar-refractivity contribution >= 4 is 69.2 Å². The Bertz CT molecular complexity index is 1870. The number of nitrogens with zero attached hydrogens (tertiary/aromatic N) is 4. The van der Waals surface area contributed by atoms with E-state index in [0.29, 0.717) is 11.3 Å². The van der Waals surface area contributed by atoms with E-state index in [2.05, 4.69) is 32.8 Å². The summed E-state index contributed by atoms with van der Waals surface area (Å²) in [5.41, 5.74) is 7.82. The van der Waals surface area contributed by atoms with E-state index in [1.165, 1.54) is 24.3 Å². The maximum absolute atomic E-state index is 13.6. The zero-order valence-electron chi connectivity index (χ0n) is 23.1. The average molecular weight is 614 g/mol. The molecule has 1 aromatic heterocycles. The van der Waals surface area contributed by atoms with Crippen molar-refractivity contribution in [1.29, 1.82) is 5.26 Å². The number of phenols is 1. The molecule has 216 valence electrons. The van der Waals surface area contributed by atoms with Crippen LogP contribution in [0.5, 0.6) is 5.75 Å². The molecule has 0 unspecified atom stereocenters. The molecule has 0 spiro atoms. The van der Waals surface area contributed by atoms with Gasteiger partial charge >= 0.3 is 0 Å². The standard InChI is InChI=1S/C31H25Cl2N7O3/c1-3-4-12-36-16-8-10-17(11-9-16)37-31-26(15(2)19(14-34)30(35)38-31)39-40-27-21(33)13-20(32)24-25(27)28(42)18-6-5-7-22(41)23(18)29(24)43/h5-11,13,36,41H,3-4,12H2,1-2H3,(H3,35,37,38)/b40-39+. The van der Waals surface area contributed by atoms with Crippen LogP contribution in [0, 0.1) is 18.3 Å². The molecule has 1 aliphatic rings. The lowest BCUT2D eigenvalue weighted by atomic mass is 9.82. The highest BCUT2D eigenvalue weighted by Crippen LogP contribution is 2.45. The Morgan fingerprint density at radius 1 is 0.977 bits per heavy atom. The van der Waals surface area contributed by atoms with E-state index < -0.39 is 11.6 Å². The number of nitriles is 1. The minimum absolute atomic E-state index is 0.00148. The highest BCUT2D eigenvalue weighted by molar-refractivity contribution is 6.43. The number of anilines is 4. The van der Waals surface area contributed by atoms with E-state index in [9.17, 15) is 20.0 Å². The van der Waals surface area contributed by atoms with E-state index >= 15 is 0 Å². The number of azo groups is 1. The first-order valence-corrected chi connectivity index (χ1v) is 14.1. The number of hydrogen-bond acceptors (Lipinski definition) is 10. The van der Waals surface area contributed by atoms with Crippen LogP contribution in [0.3, 0.4) is 0 Å². The number of unbranched alkanes of at least 4 members (excludes halogenated alkanes) is 1. The van der Waals surface area contributed by atoms with E-state index in [1.54, 1.807) is 6.92 Å². The Balaban J connectivity index is 1.59. The largest absolute Gasteiger partial charge is 0.507 e. The third kappa shape index (κ3) is 5.48. The number of hydrogen-bond donors (Lipinski definition) is 4. The minimum atomic E-state index is -0.645. The zero-order valence-corrected chi connectivity index (χ0v) is 24.6. The van der Waals surface area contributed by atoms with Crippen LogP contribution in [0.4, 0.5) is 34.4 Å². The summed E-state index contributed by atoms with van der Waals surface area (Å²) in [4.78, 5) is 31.3. The topological polar surface area (TPSA) is 166 Å². The number of pyridine rings is 1. The molecule has 0 saturated heterocycles. The molecule has 5 N–H and O–H groups in total. The van der Waals surface area contributed by atoms with Gasteiger partial charge in [-0.15, -0.1) is 10.2 Å². The fourth-order valence-electron chi connectivity index (χ4n) is 4.76. The molecule has 5 rings (SSSR count). The number of halogens is 2. The monoisotopic (exact) mass is 613 g/mol. The first-order valence-electron chi connectivity index (χ1n) is 13.3. The second kappa shape index (κ2) is 12.1. The van der Waals surface area contributed by atoms with Crippen molar-refractivity contribution in [2.24, 2.45) is 10.2 Å². The van der Waals surface area contributed by atoms with E-state index in [0.717, 1.165) is 25.1 Å².